The zero-order chi connectivity index (χ0) is 49.7. The molecule has 408 valence electrons. The van der Waals surface area contributed by atoms with Crippen LogP contribution in [0.25, 0.3) is 0 Å². The molecule has 0 radical (unpaired) electrons. The second-order valence-electron chi connectivity index (χ2n) is 18.0. The third-order valence-electron chi connectivity index (χ3n) is 12.7. The van der Waals surface area contributed by atoms with E-state index in [2.05, 4.69) is 75.7 Å². The van der Waals surface area contributed by atoms with Gasteiger partial charge in [-0.15, -0.1) is 0 Å². The lowest BCUT2D eigenvalue weighted by molar-refractivity contribution is 0.0698. The smallest absolute Gasteiger partial charge is 0.374 e. The van der Waals surface area contributed by atoms with Crippen molar-refractivity contribution >= 4 is 81.4 Å². The second-order valence-corrected chi connectivity index (χ2v) is 32.8. The summed E-state index contributed by atoms with van der Waals surface area (Å²) in [4.78, 5) is 0. The molecule has 0 amide bonds. The molecule has 0 N–H and O–H groups in total. The topological polar surface area (TPSA) is 83.1 Å². The van der Waals surface area contributed by atoms with Crippen molar-refractivity contribution < 1.29 is 39.8 Å². The maximum atomic E-state index is 6.10. The fraction of sp³-hybridized carbons (Fsp3) is 1.00. The van der Waals surface area contributed by atoms with Gasteiger partial charge >= 0.3 is 26.4 Å². The van der Waals surface area contributed by atoms with Gasteiger partial charge in [-0.05, 0) is 156 Å². The largest absolute Gasteiger partial charge is 0.500 e. The van der Waals surface area contributed by atoms with Gasteiger partial charge in [0.1, 0.15) is 0 Å². The van der Waals surface area contributed by atoms with Crippen LogP contribution in [-0.2, 0) is 39.8 Å². The first-order valence-electron chi connectivity index (χ1n) is 28.1. The molecule has 0 heterocycles. The maximum absolute atomic E-state index is 6.10. The van der Waals surface area contributed by atoms with E-state index in [1.165, 1.54) is 150 Å². The predicted octanol–water partition coefficient (Wildman–Crippen LogP) is 16.7. The van der Waals surface area contributed by atoms with Crippen LogP contribution in [0, 0.1) is 17.8 Å². The van der Waals surface area contributed by atoms with E-state index in [9.17, 15) is 0 Å². The van der Waals surface area contributed by atoms with Crippen LogP contribution in [0.1, 0.15) is 197 Å². The van der Waals surface area contributed by atoms with Crippen molar-refractivity contribution in [3.63, 3.8) is 0 Å². The lowest BCUT2D eigenvalue weighted by atomic mass is 9.71. The summed E-state index contributed by atoms with van der Waals surface area (Å²) in [6.45, 7) is 24.4. The Kier molecular flexibility index (Phi) is 47.5. The van der Waals surface area contributed by atoms with Crippen LogP contribution < -0.4 is 0 Å². The van der Waals surface area contributed by atoms with Gasteiger partial charge in [-0.25, -0.2) is 0 Å². The third-order valence-corrected chi connectivity index (χ3v) is 28.3. The number of rotatable bonds is 53. The van der Waals surface area contributed by atoms with Crippen molar-refractivity contribution in [3.8, 4) is 0 Å². The molecular weight excluding hydrogens is 1000 g/mol. The first kappa shape index (κ1) is 68.1. The number of hydrogen-bond donors (Lipinski definition) is 0. The Morgan fingerprint density at radius 1 is 0.309 bits per heavy atom. The molecule has 0 aromatic carbocycles. The van der Waals surface area contributed by atoms with Crippen molar-refractivity contribution in [3.05, 3.63) is 0 Å². The Hall–Kier alpha value is 2.04. The highest BCUT2D eigenvalue weighted by molar-refractivity contribution is 8.77. The average molecular weight is 1110 g/mol. The predicted molar refractivity (Wildman–Crippen MR) is 311 cm³/mol. The minimum absolute atomic E-state index is 0.661. The lowest BCUT2D eigenvalue weighted by Crippen LogP contribution is -2.46. The van der Waals surface area contributed by atoms with Crippen molar-refractivity contribution in [1.29, 1.82) is 0 Å². The van der Waals surface area contributed by atoms with Crippen LogP contribution in [0.5, 0.6) is 0 Å². The summed E-state index contributed by atoms with van der Waals surface area (Å²) in [7, 11) is 1.11. The molecule has 1 saturated carbocycles. The van der Waals surface area contributed by atoms with Gasteiger partial charge in [0, 0.05) is 101 Å². The summed E-state index contributed by atoms with van der Waals surface area (Å²) in [6, 6.07) is 2.83. The zero-order valence-electron chi connectivity index (χ0n) is 45.5. The second kappa shape index (κ2) is 47.5. The number of unbranched alkanes of at least 4 members (excludes halogenated alkanes) is 12. The van der Waals surface area contributed by atoms with Gasteiger partial charge in [0.05, 0.1) is 0 Å². The van der Waals surface area contributed by atoms with E-state index in [4.69, 9.17) is 39.8 Å². The first-order valence-corrected chi connectivity index (χ1v) is 40.0. The van der Waals surface area contributed by atoms with Gasteiger partial charge in [0.25, 0.3) is 0 Å². The molecule has 0 saturated heterocycles. The third kappa shape index (κ3) is 33.9. The van der Waals surface area contributed by atoms with Crippen LogP contribution in [0.2, 0.25) is 18.1 Å². The molecule has 1 fully saturated rings. The fourth-order valence-electron chi connectivity index (χ4n) is 9.57. The molecule has 0 bridgehead atoms. The van der Waals surface area contributed by atoms with E-state index in [1.807, 2.05) is 41.5 Å². The molecule has 3 unspecified atom stereocenters. The summed E-state index contributed by atoms with van der Waals surface area (Å²) in [6.07, 6.45) is 27.8. The molecule has 1 aliphatic rings. The highest BCUT2D eigenvalue weighted by Gasteiger charge is 2.41. The maximum Gasteiger partial charge on any atom is 0.500 e. The minimum atomic E-state index is -2.53. The Morgan fingerprint density at radius 2 is 0.632 bits per heavy atom. The van der Waals surface area contributed by atoms with Gasteiger partial charge in [-0.3, -0.25) is 0 Å². The monoisotopic (exact) mass is 1110 g/mol. The van der Waals surface area contributed by atoms with Gasteiger partial charge in [-0.2, -0.15) is 11.8 Å². The Morgan fingerprint density at radius 3 is 1.01 bits per heavy atom. The standard InChI is InChI=1S/C51H108O9S5Si3/c1-10-52-66(53-11-2,54-12-3)45-31-27-23-19-21-25-29-40-62-64-43-37-50-35-34-49(36-42-61-39-33-47-68(58-16-7,59-17-8)60-18-9)48-51(50)38-44-65-63-41-30-26-22-20-24-28-32-46-67(55-13-4,56-14-5)57-15-6/h49-51H,10-48H2,1-9H3. The van der Waals surface area contributed by atoms with Crippen LogP contribution >= 0.6 is 54.9 Å². The molecule has 17 heteroatoms. The number of thioether (sulfide) groups is 1. The SMILES string of the molecule is CCO[Si](CCCCCCCCCSSCCC1CCC(CCSCCC[Si](OCC)(OCC)OCC)CC1CCSSCCCCCCCCC[Si](OCC)(OCC)OCC)(OCC)OCC. The van der Waals surface area contributed by atoms with Gasteiger partial charge in [-0.1, -0.05) is 114 Å². The van der Waals surface area contributed by atoms with Crippen LogP contribution in [-0.4, -0.2) is 120 Å². The van der Waals surface area contributed by atoms with E-state index in [1.54, 1.807) is 0 Å². The summed E-state index contributed by atoms with van der Waals surface area (Å²) in [5.41, 5.74) is 0. The molecule has 9 nitrogen and oxygen atoms in total. The van der Waals surface area contributed by atoms with Crippen molar-refractivity contribution in [2.24, 2.45) is 17.8 Å². The summed E-state index contributed by atoms with van der Waals surface area (Å²) in [5.74, 6) is 10.4. The molecule has 0 aromatic rings. The average Bonchev–Trinajstić information content (AvgIpc) is 3.32. The summed E-state index contributed by atoms with van der Waals surface area (Å²) in [5, 5.41) is 0. The Balaban J connectivity index is 2.42. The van der Waals surface area contributed by atoms with Crippen LogP contribution in [0.3, 0.4) is 0 Å². The quantitative estimate of drug-likeness (QED) is 0.0329. The normalized spacial score (nSPS) is 17.2. The van der Waals surface area contributed by atoms with Crippen LogP contribution in [0.15, 0.2) is 0 Å². The molecule has 68 heavy (non-hydrogen) atoms. The van der Waals surface area contributed by atoms with E-state index in [-0.39, 0.29) is 0 Å². The minimum Gasteiger partial charge on any atom is -0.374 e. The van der Waals surface area contributed by atoms with Crippen molar-refractivity contribution in [2.75, 3.05) is 94.0 Å². The van der Waals surface area contributed by atoms with Crippen molar-refractivity contribution in [2.45, 2.75) is 215 Å². The zero-order valence-corrected chi connectivity index (χ0v) is 52.6. The van der Waals surface area contributed by atoms with Gasteiger partial charge in [0.15, 0.2) is 0 Å². The number of hydrogen-bond acceptors (Lipinski definition) is 14. The van der Waals surface area contributed by atoms with E-state index in [0.29, 0.717) is 59.5 Å². The molecule has 1 rings (SSSR count). The molecule has 0 aromatic heterocycles. The van der Waals surface area contributed by atoms with E-state index < -0.39 is 26.4 Å². The van der Waals surface area contributed by atoms with Crippen molar-refractivity contribution in [1.82, 2.24) is 0 Å². The van der Waals surface area contributed by atoms with Crippen LogP contribution in [0.4, 0.5) is 0 Å². The van der Waals surface area contributed by atoms with E-state index >= 15 is 0 Å². The fourth-order valence-corrected chi connectivity index (χ4v) is 23.5. The van der Waals surface area contributed by atoms with Gasteiger partial charge in [0.2, 0.25) is 0 Å². The Labute approximate surface area is 445 Å². The highest BCUT2D eigenvalue weighted by atomic mass is 33.1. The summed E-state index contributed by atoms with van der Waals surface area (Å²) < 4.78 is 54.5. The molecule has 3 atom stereocenters. The summed E-state index contributed by atoms with van der Waals surface area (Å²) >= 11 is 2.14. The molecule has 0 aliphatic heterocycles. The van der Waals surface area contributed by atoms with E-state index in [0.717, 1.165) is 55.1 Å². The van der Waals surface area contributed by atoms with Gasteiger partial charge < -0.3 is 39.8 Å². The Bertz CT molecular complexity index is 1030. The highest BCUT2D eigenvalue weighted by Crippen LogP contribution is 2.42. The first-order chi connectivity index (χ1) is 33.3. The molecular formula is C51H108O9S5Si3. The molecule has 1 aliphatic carbocycles. The lowest BCUT2D eigenvalue weighted by Gasteiger charge is -2.36. The molecule has 0 spiro atoms.